The van der Waals surface area contributed by atoms with Gasteiger partial charge in [-0.3, -0.25) is 19.7 Å². The maximum absolute atomic E-state index is 11.0. The highest BCUT2D eigenvalue weighted by atomic mass is 127. The van der Waals surface area contributed by atoms with Crippen LogP contribution in [0.3, 0.4) is 0 Å². The van der Waals surface area contributed by atoms with Gasteiger partial charge in [0.2, 0.25) is 0 Å². The Morgan fingerprint density at radius 2 is 2.13 bits per heavy atom. The Bertz CT molecular complexity index is 460. The highest BCUT2D eigenvalue weighted by Crippen LogP contribution is 2.27. The van der Waals surface area contributed by atoms with Crippen LogP contribution in [-0.4, -0.2) is 16.5 Å². The van der Waals surface area contributed by atoms with Crippen molar-refractivity contribution in [2.75, 3.05) is 0 Å². The molecule has 0 aliphatic heterocycles. The highest BCUT2D eigenvalue weighted by Gasteiger charge is 2.23. The summed E-state index contributed by atoms with van der Waals surface area (Å²) in [5.41, 5.74) is -0.510. The molecule has 1 aromatic rings. The number of hydrogen-bond donors (Lipinski definition) is 0. The number of nitro benzene ring substituents is 1. The number of carbonyl (C=O) groups is 2. The zero-order valence-corrected chi connectivity index (χ0v) is 9.98. The molecule has 5 nitrogen and oxygen atoms in total. The molecule has 0 unspecified atom stereocenters. The van der Waals surface area contributed by atoms with E-state index >= 15 is 0 Å². The van der Waals surface area contributed by atoms with E-state index < -0.39 is 15.9 Å². The summed E-state index contributed by atoms with van der Waals surface area (Å²) in [6, 6.07) is 2.38. The standard InChI is InChI=1S/C8H3ClINO4/c9-8(13)7-5(10)1-4(3-12)2-6(7)11(14)15/h1-3H. The van der Waals surface area contributed by atoms with Gasteiger partial charge in [-0.2, -0.15) is 0 Å². The predicted octanol–water partition coefficient (Wildman–Crippen LogP) is 2.39. The second kappa shape index (κ2) is 4.67. The van der Waals surface area contributed by atoms with Crippen LogP contribution in [0.1, 0.15) is 20.7 Å². The molecule has 1 rings (SSSR count). The predicted molar refractivity (Wildman–Crippen MR) is 61.4 cm³/mol. The molecule has 0 fully saturated rings. The van der Waals surface area contributed by atoms with Crippen molar-refractivity contribution < 1.29 is 14.5 Å². The number of carbonyl (C=O) groups excluding carboxylic acids is 2. The van der Waals surface area contributed by atoms with Gasteiger partial charge in [-0.1, -0.05) is 0 Å². The van der Waals surface area contributed by atoms with Crippen LogP contribution < -0.4 is 0 Å². The van der Waals surface area contributed by atoms with Crippen molar-refractivity contribution in [3.05, 3.63) is 36.9 Å². The number of hydrogen-bond acceptors (Lipinski definition) is 4. The first kappa shape index (κ1) is 12.1. The molecule has 0 saturated heterocycles. The summed E-state index contributed by atoms with van der Waals surface area (Å²) in [5, 5.41) is 9.71. The van der Waals surface area contributed by atoms with E-state index in [1.807, 2.05) is 0 Å². The third-order valence-electron chi connectivity index (χ3n) is 1.62. The molecular formula is C8H3ClINO4. The largest absolute Gasteiger partial charge is 0.298 e. The summed E-state index contributed by atoms with van der Waals surface area (Å²) in [6.45, 7) is 0. The minimum absolute atomic E-state index is 0.132. The van der Waals surface area contributed by atoms with E-state index in [-0.39, 0.29) is 14.7 Å². The van der Waals surface area contributed by atoms with Crippen LogP contribution in [0.5, 0.6) is 0 Å². The Hall–Kier alpha value is -1.02. The van der Waals surface area contributed by atoms with Crippen LogP contribution in [0.15, 0.2) is 12.1 Å². The summed E-state index contributed by atoms with van der Waals surface area (Å²) in [4.78, 5) is 31.3. The maximum atomic E-state index is 11.0. The zero-order chi connectivity index (χ0) is 11.6. The lowest BCUT2D eigenvalue weighted by molar-refractivity contribution is -0.385. The summed E-state index contributed by atoms with van der Waals surface area (Å²) >= 11 is 6.93. The second-order valence-electron chi connectivity index (χ2n) is 2.55. The number of aldehydes is 1. The summed E-state index contributed by atoms with van der Waals surface area (Å²) < 4.78 is 0.281. The van der Waals surface area contributed by atoms with Gasteiger partial charge in [-0.15, -0.1) is 0 Å². The van der Waals surface area contributed by atoms with Crippen molar-refractivity contribution in [2.24, 2.45) is 0 Å². The van der Waals surface area contributed by atoms with Gasteiger partial charge >= 0.3 is 0 Å². The molecule has 0 aliphatic rings. The van der Waals surface area contributed by atoms with E-state index in [0.29, 0.717) is 6.29 Å². The van der Waals surface area contributed by atoms with Crippen molar-refractivity contribution in [2.45, 2.75) is 0 Å². The van der Waals surface area contributed by atoms with E-state index in [1.165, 1.54) is 6.07 Å². The van der Waals surface area contributed by atoms with Gasteiger partial charge in [-0.25, -0.2) is 0 Å². The molecule has 78 valence electrons. The monoisotopic (exact) mass is 339 g/mol. The number of rotatable bonds is 3. The first-order valence-electron chi connectivity index (χ1n) is 3.60. The van der Waals surface area contributed by atoms with E-state index in [2.05, 4.69) is 0 Å². The Morgan fingerprint density at radius 3 is 2.53 bits per heavy atom. The normalized spacial score (nSPS) is 9.73. The van der Waals surface area contributed by atoms with Gasteiger partial charge in [0.1, 0.15) is 11.8 Å². The van der Waals surface area contributed by atoms with Gasteiger partial charge in [0.25, 0.3) is 10.9 Å². The van der Waals surface area contributed by atoms with Gasteiger partial charge in [-0.05, 0) is 40.3 Å². The third-order valence-corrected chi connectivity index (χ3v) is 2.66. The van der Waals surface area contributed by atoms with E-state index in [0.717, 1.165) is 6.07 Å². The molecule has 0 aromatic heterocycles. The first-order valence-corrected chi connectivity index (χ1v) is 5.06. The van der Waals surface area contributed by atoms with Crippen LogP contribution in [0, 0.1) is 13.7 Å². The SMILES string of the molecule is O=Cc1cc(I)c(C(=O)Cl)c([N+](=O)[O-])c1. The molecule has 0 atom stereocenters. The summed E-state index contributed by atoms with van der Waals surface area (Å²) in [6.07, 6.45) is 0.470. The second-order valence-corrected chi connectivity index (χ2v) is 4.05. The van der Waals surface area contributed by atoms with Crippen molar-refractivity contribution in [3.63, 3.8) is 0 Å². The molecule has 0 bridgehead atoms. The van der Waals surface area contributed by atoms with Crippen LogP contribution in [0.4, 0.5) is 5.69 Å². The molecular weight excluding hydrogens is 336 g/mol. The zero-order valence-electron chi connectivity index (χ0n) is 7.07. The number of halogens is 2. The molecule has 0 N–H and O–H groups in total. The average Bonchev–Trinajstić information content (AvgIpc) is 2.15. The van der Waals surface area contributed by atoms with Crippen molar-refractivity contribution in [1.82, 2.24) is 0 Å². The molecule has 0 saturated carbocycles. The van der Waals surface area contributed by atoms with E-state index in [1.54, 1.807) is 22.6 Å². The third kappa shape index (κ3) is 2.51. The Balaban J connectivity index is 3.56. The molecule has 0 aliphatic carbocycles. The van der Waals surface area contributed by atoms with Crippen molar-refractivity contribution >= 4 is 51.4 Å². The molecule has 0 spiro atoms. The fourth-order valence-electron chi connectivity index (χ4n) is 1.02. The Labute approximate surface area is 103 Å². The smallest absolute Gasteiger partial charge is 0.283 e. The number of nitro groups is 1. The fraction of sp³-hybridized carbons (Fsp3) is 0. The molecule has 1 aromatic carbocycles. The minimum Gasteiger partial charge on any atom is -0.298 e. The molecule has 15 heavy (non-hydrogen) atoms. The van der Waals surface area contributed by atoms with E-state index in [4.69, 9.17) is 11.6 Å². The average molecular weight is 339 g/mol. The molecule has 7 heteroatoms. The molecule has 0 radical (unpaired) electrons. The van der Waals surface area contributed by atoms with E-state index in [9.17, 15) is 19.7 Å². The first-order chi connectivity index (χ1) is 6.97. The van der Waals surface area contributed by atoms with Crippen molar-refractivity contribution in [1.29, 1.82) is 0 Å². The summed E-state index contributed by atoms with van der Waals surface area (Å²) in [5.74, 6) is 0. The number of nitrogens with zero attached hydrogens (tertiary/aromatic N) is 1. The fourth-order valence-corrected chi connectivity index (χ4v) is 2.26. The maximum Gasteiger partial charge on any atom is 0.283 e. The summed E-state index contributed by atoms with van der Waals surface area (Å²) in [7, 11) is 0. The van der Waals surface area contributed by atoms with Crippen LogP contribution in [0.25, 0.3) is 0 Å². The van der Waals surface area contributed by atoms with Crippen LogP contribution in [0.2, 0.25) is 0 Å². The van der Waals surface area contributed by atoms with Gasteiger partial charge in [0.05, 0.1) is 4.92 Å². The molecule has 0 heterocycles. The van der Waals surface area contributed by atoms with Crippen LogP contribution in [-0.2, 0) is 0 Å². The van der Waals surface area contributed by atoms with Gasteiger partial charge in [0, 0.05) is 15.2 Å². The Kier molecular flexibility index (Phi) is 3.75. The topological polar surface area (TPSA) is 77.3 Å². The van der Waals surface area contributed by atoms with Gasteiger partial charge < -0.3 is 0 Å². The lowest BCUT2D eigenvalue weighted by Gasteiger charge is -2.01. The van der Waals surface area contributed by atoms with Gasteiger partial charge in [0.15, 0.2) is 0 Å². The lowest BCUT2D eigenvalue weighted by Crippen LogP contribution is -2.02. The van der Waals surface area contributed by atoms with Crippen molar-refractivity contribution in [3.8, 4) is 0 Å². The lowest BCUT2D eigenvalue weighted by atomic mass is 10.1. The quantitative estimate of drug-likeness (QED) is 0.278. The minimum atomic E-state index is -0.913. The van der Waals surface area contributed by atoms with Crippen LogP contribution >= 0.6 is 34.2 Å². The highest BCUT2D eigenvalue weighted by molar-refractivity contribution is 14.1. The number of benzene rings is 1. The Morgan fingerprint density at radius 1 is 1.53 bits per heavy atom. The molecule has 0 amide bonds.